The average molecular weight is 219 g/mol. The molecule has 2 nitrogen and oxygen atoms in total. The van der Waals surface area contributed by atoms with Gasteiger partial charge < -0.3 is 4.42 Å². The van der Waals surface area contributed by atoms with Crippen LogP contribution >= 0.6 is 0 Å². The molecular weight excluding hydrogens is 198 g/mol. The van der Waals surface area contributed by atoms with Gasteiger partial charge in [0.15, 0.2) is 0 Å². The normalized spacial score (nSPS) is 8.31. The lowest BCUT2D eigenvalue weighted by atomic mass is 10.2. The molecule has 0 fully saturated rings. The van der Waals surface area contributed by atoms with Gasteiger partial charge in [-0.2, -0.15) is 0 Å². The topological polar surface area (TPSA) is 26.0 Å². The fourth-order valence-electron chi connectivity index (χ4n) is 1.07. The molecule has 0 unspecified atom stereocenters. The van der Waals surface area contributed by atoms with E-state index >= 15 is 0 Å². The first-order valence-electron chi connectivity index (χ1n) is 5.84. The van der Waals surface area contributed by atoms with Crippen LogP contribution in [0.4, 0.5) is 0 Å². The molecular formula is C14H21NO. The molecule has 0 saturated carbocycles. The molecule has 1 heterocycles. The summed E-state index contributed by atoms with van der Waals surface area (Å²) in [4.78, 5) is 4.21. The Morgan fingerprint density at radius 2 is 1.50 bits per heavy atom. The van der Waals surface area contributed by atoms with Crippen LogP contribution in [-0.4, -0.2) is 4.98 Å². The van der Waals surface area contributed by atoms with Gasteiger partial charge in [0.25, 0.3) is 0 Å². The summed E-state index contributed by atoms with van der Waals surface area (Å²) in [5.41, 5.74) is 1.93. The van der Waals surface area contributed by atoms with E-state index in [9.17, 15) is 0 Å². The number of benzene rings is 1. The summed E-state index contributed by atoms with van der Waals surface area (Å²) in [5.74, 6) is 0.688. The van der Waals surface area contributed by atoms with Gasteiger partial charge in [-0.1, -0.05) is 45.9 Å². The van der Waals surface area contributed by atoms with Crippen molar-refractivity contribution in [3.05, 3.63) is 42.3 Å². The van der Waals surface area contributed by atoms with Gasteiger partial charge in [-0.25, -0.2) is 4.98 Å². The van der Waals surface area contributed by atoms with Crippen molar-refractivity contribution in [1.29, 1.82) is 0 Å². The van der Waals surface area contributed by atoms with Crippen LogP contribution in [0.1, 0.15) is 33.4 Å². The van der Waals surface area contributed by atoms with Crippen LogP contribution in [0.25, 0.3) is 11.5 Å². The third-order valence-corrected chi connectivity index (χ3v) is 1.64. The van der Waals surface area contributed by atoms with E-state index in [-0.39, 0.29) is 0 Å². The summed E-state index contributed by atoms with van der Waals surface area (Å²) in [6.45, 7) is 9.91. The van der Waals surface area contributed by atoms with E-state index in [0.29, 0.717) is 5.89 Å². The largest absolute Gasteiger partial charge is 0.444 e. The van der Waals surface area contributed by atoms with Gasteiger partial charge in [0, 0.05) is 5.56 Å². The van der Waals surface area contributed by atoms with Gasteiger partial charge in [0.05, 0.1) is 5.69 Å². The molecule has 0 radical (unpaired) electrons. The Kier molecular flexibility index (Phi) is 7.86. The SMILES string of the molecule is CC.CC.Cc1coc(-c2ccccc2)n1. The highest BCUT2D eigenvalue weighted by atomic mass is 16.3. The van der Waals surface area contributed by atoms with E-state index in [4.69, 9.17) is 4.42 Å². The fourth-order valence-corrected chi connectivity index (χ4v) is 1.07. The molecule has 0 aliphatic heterocycles. The summed E-state index contributed by atoms with van der Waals surface area (Å²) in [6, 6.07) is 9.86. The van der Waals surface area contributed by atoms with Gasteiger partial charge in [-0.05, 0) is 19.1 Å². The molecule has 0 amide bonds. The van der Waals surface area contributed by atoms with Crippen molar-refractivity contribution in [3.63, 3.8) is 0 Å². The molecule has 0 N–H and O–H groups in total. The molecule has 1 aromatic heterocycles. The van der Waals surface area contributed by atoms with Crippen molar-refractivity contribution in [3.8, 4) is 11.5 Å². The fraction of sp³-hybridized carbons (Fsp3) is 0.357. The lowest BCUT2D eigenvalue weighted by molar-refractivity contribution is 0.573. The Balaban J connectivity index is 0.000000509. The monoisotopic (exact) mass is 219 g/mol. The highest BCUT2D eigenvalue weighted by molar-refractivity contribution is 5.52. The predicted molar refractivity (Wildman–Crippen MR) is 69.4 cm³/mol. The lowest BCUT2D eigenvalue weighted by Gasteiger charge is -1.91. The number of hydrogen-bond acceptors (Lipinski definition) is 2. The first kappa shape index (κ1) is 14.4. The number of hydrogen-bond donors (Lipinski definition) is 0. The van der Waals surface area contributed by atoms with Crippen LogP contribution in [0.15, 0.2) is 41.0 Å². The minimum Gasteiger partial charge on any atom is -0.444 e. The zero-order valence-electron chi connectivity index (χ0n) is 10.8. The van der Waals surface area contributed by atoms with E-state index in [1.165, 1.54) is 0 Å². The smallest absolute Gasteiger partial charge is 0.226 e. The Bertz CT molecular complexity index is 365. The number of oxazole rings is 1. The van der Waals surface area contributed by atoms with E-state index in [0.717, 1.165) is 11.3 Å². The van der Waals surface area contributed by atoms with Gasteiger partial charge in [-0.15, -0.1) is 0 Å². The zero-order valence-corrected chi connectivity index (χ0v) is 10.8. The Hall–Kier alpha value is -1.57. The molecule has 0 aliphatic carbocycles. The lowest BCUT2D eigenvalue weighted by Crippen LogP contribution is -1.75. The van der Waals surface area contributed by atoms with Crippen molar-refractivity contribution in [2.45, 2.75) is 34.6 Å². The van der Waals surface area contributed by atoms with Crippen molar-refractivity contribution in [2.75, 3.05) is 0 Å². The maximum Gasteiger partial charge on any atom is 0.226 e. The maximum atomic E-state index is 5.24. The summed E-state index contributed by atoms with van der Waals surface area (Å²) in [7, 11) is 0. The van der Waals surface area contributed by atoms with E-state index < -0.39 is 0 Å². The number of rotatable bonds is 1. The highest BCUT2D eigenvalue weighted by Gasteiger charge is 2.01. The molecule has 0 spiro atoms. The number of aromatic nitrogens is 1. The summed E-state index contributed by atoms with van der Waals surface area (Å²) in [5, 5.41) is 0. The molecule has 16 heavy (non-hydrogen) atoms. The van der Waals surface area contributed by atoms with Gasteiger partial charge in [-0.3, -0.25) is 0 Å². The Morgan fingerprint density at radius 1 is 0.938 bits per heavy atom. The summed E-state index contributed by atoms with van der Waals surface area (Å²) >= 11 is 0. The molecule has 2 heteroatoms. The zero-order chi connectivity index (χ0) is 12.4. The Labute approximate surface area is 98.3 Å². The summed E-state index contributed by atoms with van der Waals surface area (Å²) < 4.78 is 5.24. The van der Waals surface area contributed by atoms with E-state index in [1.807, 2.05) is 65.0 Å². The minimum atomic E-state index is 0.688. The quantitative estimate of drug-likeness (QED) is 0.694. The van der Waals surface area contributed by atoms with E-state index in [1.54, 1.807) is 6.26 Å². The maximum absolute atomic E-state index is 5.24. The van der Waals surface area contributed by atoms with Crippen LogP contribution < -0.4 is 0 Å². The third-order valence-electron chi connectivity index (χ3n) is 1.64. The molecule has 2 aromatic rings. The number of aryl methyl sites for hydroxylation is 1. The average Bonchev–Trinajstić information content (AvgIpc) is 2.82. The van der Waals surface area contributed by atoms with Gasteiger partial charge in [0.1, 0.15) is 6.26 Å². The van der Waals surface area contributed by atoms with Crippen LogP contribution in [-0.2, 0) is 0 Å². The van der Waals surface area contributed by atoms with Crippen LogP contribution in [0.2, 0.25) is 0 Å². The second-order valence-electron chi connectivity index (χ2n) is 2.66. The van der Waals surface area contributed by atoms with Crippen LogP contribution in [0, 0.1) is 6.92 Å². The minimum absolute atomic E-state index is 0.688. The van der Waals surface area contributed by atoms with Gasteiger partial charge in [0.2, 0.25) is 5.89 Å². The van der Waals surface area contributed by atoms with Crippen molar-refractivity contribution < 1.29 is 4.42 Å². The van der Waals surface area contributed by atoms with Crippen LogP contribution in [0.3, 0.4) is 0 Å². The van der Waals surface area contributed by atoms with E-state index in [2.05, 4.69) is 4.98 Å². The van der Waals surface area contributed by atoms with Crippen LogP contribution in [0.5, 0.6) is 0 Å². The standard InChI is InChI=1S/C10H9NO.2C2H6/c1-8-7-12-10(11-8)9-5-3-2-4-6-9;2*1-2/h2-7H,1H3;2*1-2H3. The predicted octanol–water partition coefficient (Wildman–Crippen LogP) is 4.70. The third kappa shape index (κ3) is 4.30. The van der Waals surface area contributed by atoms with Crippen molar-refractivity contribution in [1.82, 2.24) is 4.98 Å². The first-order chi connectivity index (χ1) is 7.86. The molecule has 0 bridgehead atoms. The first-order valence-corrected chi connectivity index (χ1v) is 5.84. The van der Waals surface area contributed by atoms with Crippen molar-refractivity contribution >= 4 is 0 Å². The summed E-state index contributed by atoms with van der Waals surface area (Å²) in [6.07, 6.45) is 1.66. The molecule has 1 aromatic carbocycles. The molecule has 0 aliphatic rings. The van der Waals surface area contributed by atoms with Crippen molar-refractivity contribution in [2.24, 2.45) is 0 Å². The number of nitrogens with zero attached hydrogens (tertiary/aromatic N) is 1. The molecule has 2 rings (SSSR count). The second kappa shape index (κ2) is 8.72. The molecule has 0 saturated heterocycles. The molecule has 0 atom stereocenters. The van der Waals surface area contributed by atoms with Gasteiger partial charge >= 0.3 is 0 Å². The highest BCUT2D eigenvalue weighted by Crippen LogP contribution is 2.16. The second-order valence-corrected chi connectivity index (χ2v) is 2.66. The Morgan fingerprint density at radius 3 is 1.94 bits per heavy atom. The molecule has 88 valence electrons.